The molecule has 0 aliphatic rings. The monoisotopic (exact) mass is 270 g/mol. The summed E-state index contributed by atoms with van der Waals surface area (Å²) in [6, 6.07) is 10.6. The Morgan fingerprint density at radius 2 is 1.80 bits per heavy atom. The molecule has 0 amide bonds. The number of aromatic nitrogens is 2. The van der Waals surface area contributed by atoms with E-state index in [9.17, 15) is 0 Å². The highest BCUT2D eigenvalue weighted by atomic mass is 15.1. The molecule has 4 nitrogen and oxygen atoms in total. The average Bonchev–Trinajstić information content (AvgIpc) is 2.40. The lowest BCUT2D eigenvalue weighted by Crippen LogP contribution is -2.15. The summed E-state index contributed by atoms with van der Waals surface area (Å²) in [6.45, 7) is 8.34. The summed E-state index contributed by atoms with van der Waals surface area (Å²) in [7, 11) is 0. The van der Waals surface area contributed by atoms with Gasteiger partial charge in [0.15, 0.2) is 0 Å². The molecule has 1 aromatic heterocycles. The Bertz CT molecular complexity index is 563. The maximum atomic E-state index is 4.51. The lowest BCUT2D eigenvalue weighted by Gasteiger charge is -2.14. The summed E-state index contributed by atoms with van der Waals surface area (Å²) in [6.07, 6.45) is 1.06. The van der Waals surface area contributed by atoms with E-state index in [0.717, 1.165) is 23.6 Å². The van der Waals surface area contributed by atoms with Crippen molar-refractivity contribution in [2.45, 2.75) is 40.2 Å². The van der Waals surface area contributed by atoms with E-state index in [2.05, 4.69) is 53.5 Å². The van der Waals surface area contributed by atoms with Crippen LogP contribution in [0.1, 0.15) is 31.5 Å². The van der Waals surface area contributed by atoms with Gasteiger partial charge in [0.1, 0.15) is 5.82 Å². The second-order valence-corrected chi connectivity index (χ2v) is 5.16. The van der Waals surface area contributed by atoms with E-state index in [1.807, 2.05) is 25.1 Å². The van der Waals surface area contributed by atoms with Gasteiger partial charge in [0.25, 0.3) is 0 Å². The summed E-state index contributed by atoms with van der Waals surface area (Å²) in [5.74, 6) is 1.49. The molecule has 2 aromatic rings. The van der Waals surface area contributed by atoms with Gasteiger partial charge in [-0.2, -0.15) is 4.98 Å². The van der Waals surface area contributed by atoms with Crippen LogP contribution in [0.15, 0.2) is 30.3 Å². The van der Waals surface area contributed by atoms with Crippen LogP contribution in [0.3, 0.4) is 0 Å². The van der Waals surface area contributed by atoms with Crippen LogP contribution >= 0.6 is 0 Å². The summed E-state index contributed by atoms with van der Waals surface area (Å²) in [5.41, 5.74) is 3.18. The minimum absolute atomic E-state index is 0.400. The first-order valence-corrected chi connectivity index (χ1v) is 7.02. The Hall–Kier alpha value is -2.10. The maximum Gasteiger partial charge on any atom is 0.229 e. The van der Waals surface area contributed by atoms with E-state index in [-0.39, 0.29) is 0 Å². The fourth-order valence-electron chi connectivity index (χ4n) is 1.82. The molecule has 0 bridgehead atoms. The van der Waals surface area contributed by atoms with Gasteiger partial charge < -0.3 is 10.6 Å². The van der Waals surface area contributed by atoms with Gasteiger partial charge in [-0.25, -0.2) is 4.98 Å². The van der Waals surface area contributed by atoms with Gasteiger partial charge in [-0.3, -0.25) is 0 Å². The molecule has 0 spiro atoms. The first-order valence-electron chi connectivity index (χ1n) is 7.02. The van der Waals surface area contributed by atoms with E-state index in [1.54, 1.807) is 0 Å². The molecule has 1 heterocycles. The number of anilines is 3. The zero-order valence-electron chi connectivity index (χ0n) is 12.6. The third kappa shape index (κ3) is 3.95. The molecule has 0 saturated heterocycles. The SMILES string of the molecule is CCC(C)Nc1cc(C)nc(Nc2ccc(C)cc2)n1. The molecule has 1 aromatic carbocycles. The molecular weight excluding hydrogens is 248 g/mol. The van der Waals surface area contributed by atoms with Gasteiger partial charge in [0.05, 0.1) is 0 Å². The molecule has 1 atom stereocenters. The predicted molar refractivity (Wildman–Crippen MR) is 84.6 cm³/mol. The smallest absolute Gasteiger partial charge is 0.229 e. The van der Waals surface area contributed by atoms with Crippen LogP contribution < -0.4 is 10.6 Å². The number of nitrogens with one attached hydrogen (secondary N) is 2. The third-order valence-corrected chi connectivity index (χ3v) is 3.17. The summed E-state index contributed by atoms with van der Waals surface area (Å²) >= 11 is 0. The summed E-state index contributed by atoms with van der Waals surface area (Å²) in [5, 5.41) is 6.62. The number of rotatable bonds is 5. The van der Waals surface area contributed by atoms with Gasteiger partial charge in [-0.15, -0.1) is 0 Å². The normalized spacial score (nSPS) is 12.0. The molecule has 0 fully saturated rings. The highest BCUT2D eigenvalue weighted by Crippen LogP contribution is 2.17. The van der Waals surface area contributed by atoms with Crippen molar-refractivity contribution < 1.29 is 0 Å². The van der Waals surface area contributed by atoms with Gasteiger partial charge in [-0.05, 0) is 39.3 Å². The molecule has 1 unspecified atom stereocenters. The van der Waals surface area contributed by atoms with Crippen molar-refractivity contribution in [1.82, 2.24) is 9.97 Å². The van der Waals surface area contributed by atoms with Crippen LogP contribution in [0.5, 0.6) is 0 Å². The molecular formula is C16H22N4. The van der Waals surface area contributed by atoms with E-state index in [1.165, 1.54) is 5.56 Å². The quantitative estimate of drug-likeness (QED) is 0.860. The first kappa shape index (κ1) is 14.3. The standard InChI is InChI=1S/C16H22N4/c1-5-12(3)17-15-10-13(4)18-16(20-15)19-14-8-6-11(2)7-9-14/h6-10,12H,5H2,1-4H3,(H2,17,18,19,20). The van der Waals surface area contributed by atoms with E-state index >= 15 is 0 Å². The van der Waals surface area contributed by atoms with Crippen LogP contribution in [-0.4, -0.2) is 16.0 Å². The fraction of sp³-hybridized carbons (Fsp3) is 0.375. The molecule has 2 rings (SSSR count). The predicted octanol–water partition coefficient (Wildman–Crippen LogP) is 4.05. The fourth-order valence-corrected chi connectivity index (χ4v) is 1.82. The van der Waals surface area contributed by atoms with Gasteiger partial charge in [0.2, 0.25) is 5.95 Å². The number of hydrogen-bond acceptors (Lipinski definition) is 4. The van der Waals surface area contributed by atoms with Crippen molar-refractivity contribution in [3.05, 3.63) is 41.6 Å². The summed E-state index contributed by atoms with van der Waals surface area (Å²) < 4.78 is 0. The summed E-state index contributed by atoms with van der Waals surface area (Å²) in [4.78, 5) is 8.93. The van der Waals surface area contributed by atoms with Gasteiger partial charge >= 0.3 is 0 Å². The van der Waals surface area contributed by atoms with E-state index < -0.39 is 0 Å². The molecule has 4 heteroatoms. The number of hydrogen-bond donors (Lipinski definition) is 2. The van der Waals surface area contributed by atoms with Crippen molar-refractivity contribution in [3.63, 3.8) is 0 Å². The van der Waals surface area contributed by atoms with E-state index in [4.69, 9.17) is 0 Å². The first-order chi connectivity index (χ1) is 9.56. The van der Waals surface area contributed by atoms with Crippen molar-refractivity contribution in [2.75, 3.05) is 10.6 Å². The Kier molecular flexibility index (Phi) is 4.56. The Morgan fingerprint density at radius 3 is 2.45 bits per heavy atom. The Balaban J connectivity index is 2.17. The molecule has 0 radical (unpaired) electrons. The van der Waals surface area contributed by atoms with Crippen molar-refractivity contribution >= 4 is 17.5 Å². The highest BCUT2D eigenvalue weighted by Gasteiger charge is 2.05. The van der Waals surface area contributed by atoms with Crippen molar-refractivity contribution in [3.8, 4) is 0 Å². The van der Waals surface area contributed by atoms with Gasteiger partial charge in [-0.1, -0.05) is 24.6 Å². The molecule has 0 aliphatic heterocycles. The second-order valence-electron chi connectivity index (χ2n) is 5.16. The van der Waals surface area contributed by atoms with Crippen LogP contribution in [0, 0.1) is 13.8 Å². The lowest BCUT2D eigenvalue weighted by molar-refractivity contribution is 0.758. The molecule has 0 saturated carbocycles. The van der Waals surface area contributed by atoms with Crippen LogP contribution in [0.4, 0.5) is 17.5 Å². The molecule has 106 valence electrons. The molecule has 0 aliphatic carbocycles. The topological polar surface area (TPSA) is 49.8 Å². The van der Waals surface area contributed by atoms with Crippen LogP contribution in [-0.2, 0) is 0 Å². The van der Waals surface area contributed by atoms with Crippen LogP contribution in [0.25, 0.3) is 0 Å². The highest BCUT2D eigenvalue weighted by molar-refractivity contribution is 5.55. The number of nitrogens with zero attached hydrogens (tertiary/aromatic N) is 2. The lowest BCUT2D eigenvalue weighted by atomic mass is 10.2. The minimum atomic E-state index is 0.400. The molecule has 20 heavy (non-hydrogen) atoms. The second kappa shape index (κ2) is 6.37. The minimum Gasteiger partial charge on any atom is -0.367 e. The van der Waals surface area contributed by atoms with Crippen molar-refractivity contribution in [2.24, 2.45) is 0 Å². The molecule has 2 N–H and O–H groups in total. The zero-order chi connectivity index (χ0) is 14.5. The Morgan fingerprint density at radius 1 is 1.10 bits per heavy atom. The van der Waals surface area contributed by atoms with Crippen molar-refractivity contribution in [1.29, 1.82) is 0 Å². The largest absolute Gasteiger partial charge is 0.367 e. The number of aryl methyl sites for hydroxylation is 2. The Labute approximate surface area is 120 Å². The zero-order valence-corrected chi connectivity index (χ0v) is 12.6. The average molecular weight is 270 g/mol. The third-order valence-electron chi connectivity index (χ3n) is 3.17. The maximum absolute atomic E-state index is 4.51. The van der Waals surface area contributed by atoms with Crippen LogP contribution in [0.2, 0.25) is 0 Å². The van der Waals surface area contributed by atoms with Gasteiger partial charge in [0, 0.05) is 23.5 Å². The van der Waals surface area contributed by atoms with E-state index in [0.29, 0.717) is 12.0 Å². The number of benzene rings is 1.